The standard InChI is InChI=1S/C14H28N2O2Si/c1-8-12(2)16-13(11-17)15-9-10-18-19(6,7)14(3,4)5/h8,11H,9-10H2,1-7H3,(H,15,16)/b12-8-. The van der Waals surface area contributed by atoms with Gasteiger partial charge in [-0.1, -0.05) is 26.8 Å². The summed E-state index contributed by atoms with van der Waals surface area (Å²) in [5, 5.41) is 3.20. The molecule has 1 N–H and O–H groups in total. The maximum Gasteiger partial charge on any atom is 0.192 e. The van der Waals surface area contributed by atoms with Crippen LogP contribution in [0.3, 0.4) is 0 Å². The predicted octanol–water partition coefficient (Wildman–Crippen LogP) is 3.12. The predicted molar refractivity (Wildman–Crippen MR) is 84.1 cm³/mol. The molecule has 5 heteroatoms. The number of amidine groups is 1. The van der Waals surface area contributed by atoms with Gasteiger partial charge in [-0.2, -0.15) is 0 Å². The number of hydrogen-bond acceptors (Lipinski definition) is 3. The van der Waals surface area contributed by atoms with Gasteiger partial charge in [-0.3, -0.25) is 4.79 Å². The molecule has 0 atom stereocenters. The third-order valence-electron chi connectivity index (χ3n) is 3.50. The molecule has 0 aliphatic rings. The number of carbonyl (C=O) groups excluding carboxylic acids is 1. The molecular formula is C14H28N2O2Si. The van der Waals surface area contributed by atoms with Crippen LogP contribution >= 0.6 is 0 Å². The van der Waals surface area contributed by atoms with Gasteiger partial charge in [-0.25, -0.2) is 4.99 Å². The van der Waals surface area contributed by atoms with E-state index in [1.165, 1.54) is 0 Å². The van der Waals surface area contributed by atoms with Crippen LogP contribution in [0.1, 0.15) is 34.6 Å². The monoisotopic (exact) mass is 284 g/mol. The van der Waals surface area contributed by atoms with Crippen molar-refractivity contribution in [2.24, 2.45) is 4.99 Å². The molecule has 0 rings (SSSR count). The Morgan fingerprint density at radius 3 is 2.37 bits per heavy atom. The summed E-state index contributed by atoms with van der Waals surface area (Å²) in [4.78, 5) is 15.0. The molecule has 0 aromatic rings. The Morgan fingerprint density at radius 2 is 1.95 bits per heavy atom. The first kappa shape index (κ1) is 18.1. The van der Waals surface area contributed by atoms with E-state index >= 15 is 0 Å². The maximum absolute atomic E-state index is 10.9. The highest BCUT2D eigenvalue weighted by atomic mass is 28.4. The normalized spacial score (nSPS) is 14.5. The van der Waals surface area contributed by atoms with Crippen molar-refractivity contribution in [2.45, 2.75) is 52.8 Å². The fourth-order valence-electron chi connectivity index (χ4n) is 1.06. The lowest BCUT2D eigenvalue weighted by Gasteiger charge is -2.36. The van der Waals surface area contributed by atoms with Crippen LogP contribution in [0.2, 0.25) is 18.1 Å². The molecule has 19 heavy (non-hydrogen) atoms. The van der Waals surface area contributed by atoms with Gasteiger partial charge in [0.25, 0.3) is 0 Å². The minimum absolute atomic E-state index is 0.204. The summed E-state index contributed by atoms with van der Waals surface area (Å²) < 4.78 is 6.01. The molecule has 0 saturated heterocycles. The van der Waals surface area contributed by atoms with Gasteiger partial charge in [-0.15, -0.1) is 0 Å². The van der Waals surface area contributed by atoms with Crippen molar-refractivity contribution < 1.29 is 9.22 Å². The SMILES string of the molecule is C/C=C(C)\N=C(\C=O)NCCO[Si](C)(C)C(C)(C)C. The van der Waals surface area contributed by atoms with Crippen molar-refractivity contribution in [3.63, 3.8) is 0 Å². The molecule has 0 saturated carbocycles. The van der Waals surface area contributed by atoms with Crippen molar-refractivity contribution >= 4 is 20.4 Å². The second-order valence-corrected chi connectivity index (χ2v) is 10.9. The fraction of sp³-hybridized carbons (Fsp3) is 0.714. The van der Waals surface area contributed by atoms with Crippen molar-refractivity contribution in [3.8, 4) is 0 Å². The van der Waals surface area contributed by atoms with Gasteiger partial charge < -0.3 is 9.74 Å². The first-order valence-electron chi connectivity index (χ1n) is 6.68. The first-order chi connectivity index (χ1) is 8.64. The molecule has 0 fully saturated rings. The lowest BCUT2D eigenvalue weighted by Crippen LogP contribution is -2.42. The van der Waals surface area contributed by atoms with E-state index in [0.717, 1.165) is 12.0 Å². The van der Waals surface area contributed by atoms with Crippen molar-refractivity contribution in [2.75, 3.05) is 13.2 Å². The van der Waals surface area contributed by atoms with Crippen molar-refractivity contribution in [1.29, 1.82) is 0 Å². The van der Waals surface area contributed by atoms with E-state index in [2.05, 4.69) is 44.2 Å². The zero-order chi connectivity index (χ0) is 15.1. The largest absolute Gasteiger partial charge is 0.415 e. The fourth-order valence-corrected chi connectivity index (χ4v) is 2.11. The Balaban J connectivity index is 4.24. The molecule has 0 bridgehead atoms. The van der Waals surface area contributed by atoms with E-state index in [4.69, 9.17) is 4.43 Å². The van der Waals surface area contributed by atoms with Crippen LogP contribution in [0.25, 0.3) is 0 Å². The molecule has 0 spiro atoms. The third-order valence-corrected chi connectivity index (χ3v) is 8.04. The molecule has 0 aromatic carbocycles. The van der Waals surface area contributed by atoms with Gasteiger partial charge in [0.05, 0.1) is 6.61 Å². The summed E-state index contributed by atoms with van der Waals surface area (Å²) in [5.41, 5.74) is 0.819. The summed E-state index contributed by atoms with van der Waals surface area (Å²) >= 11 is 0. The van der Waals surface area contributed by atoms with E-state index in [1.807, 2.05) is 19.9 Å². The number of hydrogen-bond donors (Lipinski definition) is 1. The van der Waals surface area contributed by atoms with Crippen LogP contribution in [-0.2, 0) is 9.22 Å². The van der Waals surface area contributed by atoms with E-state index < -0.39 is 8.32 Å². The average Bonchev–Trinajstić information content (AvgIpc) is 2.31. The van der Waals surface area contributed by atoms with E-state index in [0.29, 0.717) is 19.0 Å². The molecule has 0 aliphatic carbocycles. The highest BCUT2D eigenvalue weighted by Gasteiger charge is 2.36. The van der Waals surface area contributed by atoms with Gasteiger partial charge >= 0.3 is 0 Å². The number of rotatable bonds is 6. The molecule has 0 radical (unpaired) electrons. The lowest BCUT2D eigenvalue weighted by molar-refractivity contribution is -0.102. The lowest BCUT2D eigenvalue weighted by atomic mass is 10.2. The van der Waals surface area contributed by atoms with Crippen LogP contribution in [0.4, 0.5) is 0 Å². The van der Waals surface area contributed by atoms with Crippen LogP contribution in [0, 0.1) is 0 Å². The number of aldehydes is 1. The molecule has 0 heterocycles. The first-order valence-corrected chi connectivity index (χ1v) is 9.59. The van der Waals surface area contributed by atoms with Gasteiger partial charge in [-0.05, 0) is 32.0 Å². The summed E-state index contributed by atoms with van der Waals surface area (Å²) in [7, 11) is -1.71. The molecule has 0 aliphatic heterocycles. The van der Waals surface area contributed by atoms with Crippen LogP contribution in [-0.4, -0.2) is 33.6 Å². The minimum Gasteiger partial charge on any atom is -0.415 e. The van der Waals surface area contributed by atoms with Crippen LogP contribution in [0.15, 0.2) is 16.8 Å². The quantitative estimate of drug-likeness (QED) is 0.268. The molecule has 4 nitrogen and oxygen atoms in total. The minimum atomic E-state index is -1.71. The molecule has 0 amide bonds. The highest BCUT2D eigenvalue weighted by molar-refractivity contribution is 6.74. The Labute approximate surface area is 118 Å². The summed E-state index contributed by atoms with van der Waals surface area (Å²) in [6.07, 6.45) is 2.59. The molecule has 110 valence electrons. The number of nitrogens with one attached hydrogen (secondary N) is 1. The summed E-state index contributed by atoms with van der Waals surface area (Å²) in [6.45, 7) is 16.0. The Bertz CT molecular complexity index is 355. The number of allylic oxidation sites excluding steroid dienone is 2. The highest BCUT2D eigenvalue weighted by Crippen LogP contribution is 2.36. The van der Waals surface area contributed by atoms with Gasteiger partial charge in [0.2, 0.25) is 0 Å². The number of carbonyl (C=O) groups is 1. The topological polar surface area (TPSA) is 50.7 Å². The Kier molecular flexibility index (Phi) is 7.22. The van der Waals surface area contributed by atoms with Crippen LogP contribution < -0.4 is 5.32 Å². The molecule has 0 aromatic heterocycles. The van der Waals surface area contributed by atoms with Gasteiger partial charge in [0, 0.05) is 12.2 Å². The second-order valence-electron chi connectivity index (χ2n) is 6.08. The maximum atomic E-state index is 10.9. The van der Waals surface area contributed by atoms with Crippen molar-refractivity contribution in [1.82, 2.24) is 5.32 Å². The Hall–Kier alpha value is -0.943. The van der Waals surface area contributed by atoms with Crippen LogP contribution in [0.5, 0.6) is 0 Å². The molecule has 0 unspecified atom stereocenters. The Morgan fingerprint density at radius 1 is 1.37 bits per heavy atom. The van der Waals surface area contributed by atoms with Gasteiger partial charge in [0.1, 0.15) is 0 Å². The van der Waals surface area contributed by atoms with E-state index in [1.54, 1.807) is 0 Å². The van der Waals surface area contributed by atoms with E-state index in [9.17, 15) is 4.79 Å². The zero-order valence-corrected chi connectivity index (χ0v) is 14.3. The average molecular weight is 284 g/mol. The van der Waals surface area contributed by atoms with Gasteiger partial charge in [0.15, 0.2) is 20.4 Å². The number of aliphatic imine (C=N–C) groups is 1. The molecular weight excluding hydrogens is 256 g/mol. The third kappa shape index (κ3) is 6.68. The summed E-state index contributed by atoms with van der Waals surface area (Å²) in [5.74, 6) is 0.356. The van der Waals surface area contributed by atoms with E-state index in [-0.39, 0.29) is 5.04 Å². The smallest absolute Gasteiger partial charge is 0.192 e. The second kappa shape index (κ2) is 7.60. The summed E-state index contributed by atoms with van der Waals surface area (Å²) in [6, 6.07) is 0. The van der Waals surface area contributed by atoms with Crippen molar-refractivity contribution in [3.05, 3.63) is 11.8 Å². The zero-order valence-electron chi connectivity index (χ0n) is 13.3. The number of nitrogens with zero attached hydrogens (tertiary/aromatic N) is 1.